The Balaban J connectivity index is 1.40. The summed E-state index contributed by atoms with van der Waals surface area (Å²) >= 11 is 0. The molecule has 58 heavy (non-hydrogen) atoms. The Morgan fingerprint density at radius 3 is 2.43 bits per heavy atom. The molecule has 2 aromatic heterocycles. The van der Waals surface area contributed by atoms with Gasteiger partial charge in [-0.25, -0.2) is 14.5 Å². The first-order chi connectivity index (χ1) is 27.0. The van der Waals surface area contributed by atoms with Gasteiger partial charge in [0.05, 0.1) is 50.1 Å². The van der Waals surface area contributed by atoms with Gasteiger partial charge >= 0.3 is 11.9 Å². The van der Waals surface area contributed by atoms with Gasteiger partial charge in [0, 0.05) is 17.2 Å². The average Bonchev–Trinajstić information content (AvgIpc) is 3.64. The van der Waals surface area contributed by atoms with Gasteiger partial charge in [0.1, 0.15) is 12.0 Å². The summed E-state index contributed by atoms with van der Waals surface area (Å²) in [5.41, 5.74) is 6.79. The van der Waals surface area contributed by atoms with E-state index in [-0.39, 0.29) is 52.1 Å². The number of pyridine rings is 1. The van der Waals surface area contributed by atoms with Gasteiger partial charge in [-0.3, -0.25) is 9.78 Å². The van der Waals surface area contributed by atoms with Crippen molar-refractivity contribution in [1.29, 1.82) is 0 Å². The van der Waals surface area contributed by atoms with Crippen LogP contribution in [-0.2, 0) is 19.0 Å². The second kappa shape index (κ2) is 14.5. The lowest BCUT2D eigenvalue weighted by molar-refractivity contribution is -0.255. The number of ether oxygens (including phenoxy) is 3. The normalized spacial score (nSPS) is 38.7. The number of carboxylic acid groups (broad SMARTS) is 1. The monoisotopic (exact) mass is 802 g/mol. The lowest BCUT2D eigenvalue weighted by atomic mass is 9.34. The van der Waals surface area contributed by atoms with Crippen molar-refractivity contribution >= 4 is 11.9 Å². The fourth-order valence-electron chi connectivity index (χ4n) is 13.1. The van der Waals surface area contributed by atoms with Gasteiger partial charge in [-0.1, -0.05) is 80.9 Å². The third kappa shape index (κ3) is 6.24. The standard InChI is InChI=1S/C47H71N5O6/c1-13-57-40(55)30-17-21-49-33(22-30)38-50-27-51-52(38)34-23-42(8)24-56-26-47(37(34)58-25-46(12,48)41(5,6)7)32-16-18-45(11)36(39(53)54)43(9,29(4)28(2)3)19-20-44(45,10)31(32)14-15-35(42)47/h16-17,21-22,27-29,31,34-37H,13-15,18-20,23-26,48H2,1-12H3,(H,53,54)/t29-,31+,34-,35-,36-,37+,42-,43-,44-,45+,46+,47+/m1/s1. The second-order valence-corrected chi connectivity index (χ2v) is 21.7. The van der Waals surface area contributed by atoms with E-state index < -0.39 is 40.3 Å². The number of carbonyl (C=O) groups excluding carboxylic acids is 1. The van der Waals surface area contributed by atoms with Gasteiger partial charge in [-0.2, -0.15) is 5.10 Å². The zero-order chi connectivity index (χ0) is 42.4. The zero-order valence-electron chi connectivity index (χ0n) is 37.4. The number of hydrogen-bond donors (Lipinski definition) is 2. The number of rotatable bonds is 10. The van der Waals surface area contributed by atoms with Crippen LogP contribution in [0.15, 0.2) is 36.3 Å². The minimum absolute atomic E-state index is 0.157. The Morgan fingerprint density at radius 1 is 1.05 bits per heavy atom. The topological polar surface area (TPSA) is 152 Å². The van der Waals surface area contributed by atoms with Crippen LogP contribution in [0.2, 0.25) is 0 Å². The molecule has 0 aromatic carbocycles. The highest BCUT2D eigenvalue weighted by molar-refractivity contribution is 5.90. The third-order valence-electron chi connectivity index (χ3n) is 17.7. The SMILES string of the molecule is CCOC(=O)c1ccnc(-c2ncnn2[C@@H]2C[C@]3(C)COC[C@@]4(C5=CC[C@@]6(C)[C@H](C(=O)O)[C@@](C)([C@H](C)C(C)C)CC[C@]6(C)[C@H]5CC[C@H]34)[C@H]2OC[C@](C)(N)C(C)(C)C)c1. The molecular weight excluding hydrogens is 731 g/mol. The van der Waals surface area contributed by atoms with Crippen molar-refractivity contribution in [2.75, 3.05) is 26.4 Å². The Hall–Kier alpha value is -3.15. The number of carboxylic acids is 1. The van der Waals surface area contributed by atoms with Crippen LogP contribution in [0.3, 0.4) is 0 Å². The van der Waals surface area contributed by atoms with Crippen LogP contribution in [0, 0.1) is 62.1 Å². The fourth-order valence-corrected chi connectivity index (χ4v) is 13.1. The summed E-state index contributed by atoms with van der Waals surface area (Å²) in [7, 11) is 0. The van der Waals surface area contributed by atoms with Gasteiger partial charge < -0.3 is 25.1 Å². The lowest BCUT2D eigenvalue weighted by Crippen LogP contribution is -2.70. The first kappa shape index (κ1) is 43.0. The Bertz CT molecular complexity index is 1930. The predicted octanol–water partition coefficient (Wildman–Crippen LogP) is 8.80. The summed E-state index contributed by atoms with van der Waals surface area (Å²) in [6.07, 6.45) is 10.6. The van der Waals surface area contributed by atoms with Gasteiger partial charge in [0.15, 0.2) is 5.82 Å². The van der Waals surface area contributed by atoms with Gasteiger partial charge in [0.2, 0.25) is 0 Å². The molecule has 3 saturated carbocycles. The summed E-state index contributed by atoms with van der Waals surface area (Å²) in [6, 6.07) is 3.13. The van der Waals surface area contributed by atoms with Crippen LogP contribution in [0.5, 0.6) is 0 Å². The van der Waals surface area contributed by atoms with E-state index >= 15 is 0 Å². The van der Waals surface area contributed by atoms with Crippen molar-refractivity contribution in [2.45, 2.75) is 139 Å². The molecule has 5 aliphatic rings. The summed E-state index contributed by atoms with van der Waals surface area (Å²) in [4.78, 5) is 36.1. The molecule has 11 heteroatoms. The molecule has 1 aliphatic heterocycles. The smallest absolute Gasteiger partial charge is 0.338 e. The van der Waals surface area contributed by atoms with E-state index in [1.165, 1.54) is 5.57 Å². The quantitative estimate of drug-likeness (QED) is 0.176. The average molecular weight is 802 g/mol. The van der Waals surface area contributed by atoms with Gasteiger partial charge in [-0.15, -0.1) is 0 Å². The molecule has 7 rings (SSSR count). The van der Waals surface area contributed by atoms with Crippen LogP contribution in [-0.4, -0.2) is 74.9 Å². The van der Waals surface area contributed by atoms with E-state index in [4.69, 9.17) is 35.0 Å². The second-order valence-electron chi connectivity index (χ2n) is 21.7. The van der Waals surface area contributed by atoms with Crippen molar-refractivity contribution in [3.63, 3.8) is 0 Å². The van der Waals surface area contributed by atoms with E-state index in [9.17, 15) is 14.7 Å². The fraction of sp³-hybridized carbons (Fsp3) is 0.766. The van der Waals surface area contributed by atoms with Crippen molar-refractivity contribution < 1.29 is 28.9 Å². The summed E-state index contributed by atoms with van der Waals surface area (Å²) in [6.45, 7) is 28.2. The Kier molecular flexibility index (Phi) is 10.7. The number of carbonyl (C=O) groups is 2. The minimum Gasteiger partial charge on any atom is -0.481 e. The molecule has 4 aliphatic carbocycles. The number of nitrogens with two attached hydrogens (primary N) is 1. The van der Waals surface area contributed by atoms with Crippen molar-refractivity contribution in [1.82, 2.24) is 19.7 Å². The molecule has 2 aromatic rings. The number of fused-ring (bicyclic) bond motifs is 3. The highest BCUT2D eigenvalue weighted by atomic mass is 16.5. The maximum Gasteiger partial charge on any atom is 0.338 e. The van der Waals surface area contributed by atoms with Crippen molar-refractivity contribution in [3.8, 4) is 11.5 Å². The molecule has 0 radical (unpaired) electrons. The molecule has 0 spiro atoms. The minimum atomic E-state index is -0.664. The summed E-state index contributed by atoms with van der Waals surface area (Å²) in [5.74, 6) is 0.0717. The highest BCUT2D eigenvalue weighted by Gasteiger charge is 2.73. The highest BCUT2D eigenvalue weighted by Crippen LogP contribution is 2.75. The molecule has 12 atom stereocenters. The molecule has 1 saturated heterocycles. The van der Waals surface area contributed by atoms with Crippen LogP contribution >= 0.6 is 0 Å². The molecule has 2 bridgehead atoms. The molecule has 4 fully saturated rings. The number of hydrogen-bond acceptors (Lipinski definition) is 9. The number of aromatic nitrogens is 4. The predicted molar refractivity (Wildman–Crippen MR) is 224 cm³/mol. The van der Waals surface area contributed by atoms with E-state index in [1.807, 2.05) is 4.68 Å². The molecular formula is C47H71N5O6. The molecule has 3 heterocycles. The van der Waals surface area contributed by atoms with E-state index in [1.54, 1.807) is 31.6 Å². The maximum absolute atomic E-state index is 13.7. The van der Waals surface area contributed by atoms with Gasteiger partial charge in [-0.05, 0) is 115 Å². The first-order valence-corrected chi connectivity index (χ1v) is 22.0. The first-order valence-electron chi connectivity index (χ1n) is 22.0. The van der Waals surface area contributed by atoms with Crippen LogP contribution < -0.4 is 5.73 Å². The molecule has 3 N–H and O–H groups in total. The van der Waals surface area contributed by atoms with Crippen LogP contribution in [0.25, 0.3) is 11.5 Å². The lowest BCUT2D eigenvalue weighted by Gasteiger charge is -2.71. The third-order valence-corrected chi connectivity index (χ3v) is 17.7. The molecule has 0 unspecified atom stereocenters. The number of esters is 1. The maximum atomic E-state index is 13.7. The summed E-state index contributed by atoms with van der Waals surface area (Å²) in [5, 5.41) is 16.2. The molecule has 320 valence electrons. The zero-order valence-corrected chi connectivity index (χ0v) is 37.4. The number of aliphatic carboxylic acids is 1. The van der Waals surface area contributed by atoms with Crippen molar-refractivity contribution in [3.05, 3.63) is 41.9 Å². The van der Waals surface area contributed by atoms with Crippen molar-refractivity contribution in [2.24, 2.45) is 67.8 Å². The largest absolute Gasteiger partial charge is 0.481 e. The molecule has 11 nitrogen and oxygen atoms in total. The van der Waals surface area contributed by atoms with E-state index in [2.05, 4.69) is 82.2 Å². The van der Waals surface area contributed by atoms with Gasteiger partial charge in [0.25, 0.3) is 0 Å². The van der Waals surface area contributed by atoms with E-state index in [0.717, 1.165) is 32.1 Å². The summed E-state index contributed by atoms with van der Waals surface area (Å²) < 4.78 is 21.6. The number of allylic oxidation sites excluding steroid dienone is 1. The van der Waals surface area contributed by atoms with Crippen LogP contribution in [0.4, 0.5) is 0 Å². The molecule has 0 amide bonds. The van der Waals surface area contributed by atoms with Crippen LogP contribution in [0.1, 0.15) is 138 Å². The Labute approximate surface area is 346 Å². The number of nitrogens with zero attached hydrogens (tertiary/aromatic N) is 4. The van der Waals surface area contributed by atoms with E-state index in [0.29, 0.717) is 49.2 Å². The Morgan fingerprint density at radius 2 is 1.78 bits per heavy atom.